The first-order valence-corrected chi connectivity index (χ1v) is 28.5. The lowest BCUT2D eigenvalue weighted by atomic mass is 10.0. The highest BCUT2D eigenvalue weighted by atomic mass is 16.5. The smallest absolute Gasteiger partial charge is 0.305 e. The van der Waals surface area contributed by atoms with Crippen molar-refractivity contribution in [1.82, 2.24) is 5.32 Å². The number of hydrogen-bond acceptors (Lipinski definition) is 5. The van der Waals surface area contributed by atoms with Crippen molar-refractivity contribution in [3.05, 3.63) is 12.2 Å². The minimum absolute atomic E-state index is 0.00336. The van der Waals surface area contributed by atoms with Gasteiger partial charge < -0.3 is 20.3 Å². The third kappa shape index (κ3) is 49.9. The molecule has 63 heavy (non-hydrogen) atoms. The van der Waals surface area contributed by atoms with E-state index in [2.05, 4.69) is 19.2 Å². The van der Waals surface area contributed by atoms with Gasteiger partial charge >= 0.3 is 5.97 Å². The summed E-state index contributed by atoms with van der Waals surface area (Å²) >= 11 is 0. The fourth-order valence-corrected chi connectivity index (χ4v) is 8.93. The molecule has 0 saturated heterocycles. The average Bonchev–Trinajstić information content (AvgIpc) is 3.28. The van der Waals surface area contributed by atoms with Gasteiger partial charge in [0.2, 0.25) is 5.91 Å². The number of carbonyl (C=O) groups is 2. The zero-order chi connectivity index (χ0) is 45.8. The Morgan fingerprint density at radius 2 is 0.730 bits per heavy atom. The Balaban J connectivity index is 3.45. The molecule has 0 aliphatic carbocycles. The van der Waals surface area contributed by atoms with E-state index in [0.29, 0.717) is 19.4 Å². The number of esters is 1. The Hall–Kier alpha value is -1.40. The SMILES string of the molecule is CCCCCCCCCCCCCCCCCC/C=C/C(O)C(CO)NC(=O)CCCCCCCCCCCCCCCCCCOC(=O)CCCCCCCCCCCCCC. The van der Waals surface area contributed by atoms with Gasteiger partial charge in [-0.15, -0.1) is 0 Å². The molecule has 6 heteroatoms. The second-order valence-electron chi connectivity index (χ2n) is 19.6. The number of rotatable bonds is 53. The molecule has 0 aromatic heterocycles. The number of nitrogens with one attached hydrogen (secondary N) is 1. The zero-order valence-corrected chi connectivity index (χ0v) is 42.6. The largest absolute Gasteiger partial charge is 0.466 e. The van der Waals surface area contributed by atoms with Crippen LogP contribution in [0.15, 0.2) is 12.2 Å². The van der Waals surface area contributed by atoms with Crippen molar-refractivity contribution in [2.75, 3.05) is 13.2 Å². The zero-order valence-electron chi connectivity index (χ0n) is 42.6. The topological polar surface area (TPSA) is 95.9 Å². The number of aliphatic hydroxyl groups is 2. The van der Waals surface area contributed by atoms with Crippen LogP contribution in [0.3, 0.4) is 0 Å². The summed E-state index contributed by atoms with van der Waals surface area (Å²) in [6, 6.07) is -0.632. The molecule has 1 amide bonds. The van der Waals surface area contributed by atoms with E-state index < -0.39 is 12.1 Å². The molecule has 0 rings (SSSR count). The van der Waals surface area contributed by atoms with Gasteiger partial charge in [-0.3, -0.25) is 9.59 Å². The monoisotopic (exact) mass is 890 g/mol. The molecule has 2 unspecified atom stereocenters. The lowest BCUT2D eigenvalue weighted by Gasteiger charge is -2.20. The van der Waals surface area contributed by atoms with Crippen LogP contribution < -0.4 is 5.32 Å². The molecule has 0 fully saturated rings. The first-order valence-electron chi connectivity index (χ1n) is 28.5. The first kappa shape index (κ1) is 61.6. The number of ether oxygens (including phenoxy) is 1. The molecular formula is C57H111NO5. The van der Waals surface area contributed by atoms with Gasteiger partial charge in [-0.2, -0.15) is 0 Å². The van der Waals surface area contributed by atoms with Crippen molar-refractivity contribution in [2.45, 2.75) is 328 Å². The maximum absolute atomic E-state index is 12.5. The number of unbranched alkanes of at least 4 members (excludes halogenated alkanes) is 42. The highest BCUT2D eigenvalue weighted by Gasteiger charge is 2.18. The molecule has 0 aliphatic rings. The number of amides is 1. The Kier molecular flexibility index (Phi) is 52.0. The molecule has 0 aromatic rings. The van der Waals surface area contributed by atoms with E-state index in [4.69, 9.17) is 4.74 Å². The first-order chi connectivity index (χ1) is 31.0. The van der Waals surface area contributed by atoms with E-state index in [-0.39, 0.29) is 18.5 Å². The molecule has 0 aromatic carbocycles. The summed E-state index contributed by atoms with van der Waals surface area (Å²) in [4.78, 5) is 24.5. The van der Waals surface area contributed by atoms with Crippen LogP contribution in [-0.2, 0) is 14.3 Å². The van der Waals surface area contributed by atoms with Gasteiger partial charge in [-0.25, -0.2) is 0 Å². The van der Waals surface area contributed by atoms with Gasteiger partial charge in [-0.05, 0) is 32.1 Å². The minimum Gasteiger partial charge on any atom is -0.466 e. The van der Waals surface area contributed by atoms with E-state index in [9.17, 15) is 19.8 Å². The Morgan fingerprint density at radius 1 is 0.429 bits per heavy atom. The predicted molar refractivity (Wildman–Crippen MR) is 273 cm³/mol. The van der Waals surface area contributed by atoms with Gasteiger partial charge in [0.05, 0.1) is 25.4 Å². The van der Waals surface area contributed by atoms with Crippen LogP contribution in [-0.4, -0.2) is 47.4 Å². The average molecular weight is 891 g/mol. The molecule has 0 saturated carbocycles. The van der Waals surface area contributed by atoms with E-state index in [0.717, 1.165) is 44.9 Å². The van der Waals surface area contributed by atoms with E-state index in [1.54, 1.807) is 6.08 Å². The van der Waals surface area contributed by atoms with Crippen LogP contribution in [0.2, 0.25) is 0 Å². The van der Waals surface area contributed by atoms with Gasteiger partial charge in [0.1, 0.15) is 0 Å². The molecule has 0 spiro atoms. The highest BCUT2D eigenvalue weighted by molar-refractivity contribution is 5.76. The van der Waals surface area contributed by atoms with Crippen molar-refractivity contribution in [3.63, 3.8) is 0 Å². The second-order valence-corrected chi connectivity index (χ2v) is 19.6. The normalized spacial score (nSPS) is 12.6. The van der Waals surface area contributed by atoms with E-state index in [1.807, 2.05) is 6.08 Å². The molecule has 0 aliphatic heterocycles. The number of carbonyl (C=O) groups excluding carboxylic acids is 2. The van der Waals surface area contributed by atoms with Crippen molar-refractivity contribution in [2.24, 2.45) is 0 Å². The summed E-state index contributed by atoms with van der Waals surface area (Å²) in [6.45, 7) is 4.91. The van der Waals surface area contributed by atoms with Gasteiger partial charge in [0.15, 0.2) is 0 Å². The maximum atomic E-state index is 12.5. The maximum Gasteiger partial charge on any atom is 0.305 e. The molecule has 374 valence electrons. The number of aliphatic hydroxyl groups excluding tert-OH is 2. The Bertz CT molecular complexity index is 939. The summed E-state index contributed by atoms with van der Waals surface area (Å²) in [5, 5.41) is 23.1. The summed E-state index contributed by atoms with van der Waals surface area (Å²) in [5.41, 5.74) is 0. The Labute approximate surface area is 393 Å². The predicted octanol–water partition coefficient (Wildman–Crippen LogP) is 17.3. The fourth-order valence-electron chi connectivity index (χ4n) is 8.93. The number of allylic oxidation sites excluding steroid dienone is 1. The quantitative estimate of drug-likeness (QED) is 0.0321. The van der Waals surface area contributed by atoms with Crippen molar-refractivity contribution < 1.29 is 24.5 Å². The van der Waals surface area contributed by atoms with Crippen LogP contribution >= 0.6 is 0 Å². The standard InChI is InChI=1S/C57H111NO5/c1-3-5-7-9-11-13-15-17-18-19-20-23-26-29-33-37-41-45-49-55(60)54(53-59)58-56(61)50-46-42-38-34-30-27-24-21-22-25-28-32-36-40-44-48-52-63-57(62)51-47-43-39-35-31-16-14-12-10-8-6-4-2/h45,49,54-55,59-60H,3-44,46-48,50-53H2,1-2H3,(H,58,61)/b49-45+. The van der Waals surface area contributed by atoms with Gasteiger partial charge in [-0.1, -0.05) is 283 Å². The minimum atomic E-state index is -0.848. The molecule has 0 radical (unpaired) electrons. The molecule has 0 heterocycles. The van der Waals surface area contributed by atoms with Crippen LogP contribution in [0, 0.1) is 0 Å². The van der Waals surface area contributed by atoms with Gasteiger partial charge in [0.25, 0.3) is 0 Å². The van der Waals surface area contributed by atoms with Crippen molar-refractivity contribution >= 4 is 11.9 Å². The lowest BCUT2D eigenvalue weighted by Crippen LogP contribution is -2.45. The van der Waals surface area contributed by atoms with Crippen LogP contribution in [0.1, 0.15) is 316 Å². The Morgan fingerprint density at radius 3 is 1.08 bits per heavy atom. The van der Waals surface area contributed by atoms with Crippen LogP contribution in [0.4, 0.5) is 0 Å². The summed E-state index contributed by atoms with van der Waals surface area (Å²) in [7, 11) is 0. The highest BCUT2D eigenvalue weighted by Crippen LogP contribution is 2.17. The van der Waals surface area contributed by atoms with E-state index in [1.165, 1.54) is 244 Å². The number of hydrogen-bond donors (Lipinski definition) is 3. The molecular weight excluding hydrogens is 779 g/mol. The van der Waals surface area contributed by atoms with Crippen LogP contribution in [0.5, 0.6) is 0 Å². The molecule has 0 bridgehead atoms. The van der Waals surface area contributed by atoms with Crippen LogP contribution in [0.25, 0.3) is 0 Å². The molecule has 2 atom stereocenters. The second kappa shape index (κ2) is 53.2. The van der Waals surface area contributed by atoms with Crippen molar-refractivity contribution in [1.29, 1.82) is 0 Å². The molecule has 6 nitrogen and oxygen atoms in total. The third-order valence-electron chi connectivity index (χ3n) is 13.3. The fraction of sp³-hybridized carbons (Fsp3) is 0.930. The lowest BCUT2D eigenvalue weighted by molar-refractivity contribution is -0.143. The van der Waals surface area contributed by atoms with Gasteiger partial charge in [0, 0.05) is 12.8 Å². The van der Waals surface area contributed by atoms with E-state index >= 15 is 0 Å². The summed E-state index contributed by atoms with van der Waals surface area (Å²) in [6.07, 6.45) is 62.2. The third-order valence-corrected chi connectivity index (χ3v) is 13.3. The summed E-state index contributed by atoms with van der Waals surface area (Å²) in [5.74, 6) is -0.0687. The summed E-state index contributed by atoms with van der Waals surface area (Å²) < 4.78 is 5.46. The van der Waals surface area contributed by atoms with Crippen molar-refractivity contribution in [3.8, 4) is 0 Å². The molecule has 3 N–H and O–H groups in total.